The third kappa shape index (κ3) is 3.42. The first kappa shape index (κ1) is 18.3. The molecule has 4 aliphatic carbocycles. The van der Waals surface area contributed by atoms with Crippen molar-refractivity contribution in [3.05, 3.63) is 18.6 Å². The molecule has 5 rings (SSSR count). The number of rotatable bonds is 5. The number of carbonyl (C=O) groups excluding carboxylic acids is 1. The predicted octanol–water partition coefficient (Wildman–Crippen LogP) is 4.49. The topological polar surface area (TPSA) is 64.4 Å². The summed E-state index contributed by atoms with van der Waals surface area (Å²) in [5, 5.41) is 11.1. The molecule has 0 spiro atoms. The SMILES string of the molecule is [2H]c1nc([2H])n(CC(=O)[C@H]2CC[C@H]3[C@@H]4CC[C@@H]5C[C@@](O)(COC)CC[C@]5(C)[C@H]4CC[C@]23C)c1[2H]. The third-order valence-electron chi connectivity index (χ3n) is 10.3. The molecule has 4 aliphatic rings. The number of hydrogen-bond donors (Lipinski definition) is 1. The third-order valence-corrected chi connectivity index (χ3v) is 10.3. The lowest BCUT2D eigenvalue weighted by Gasteiger charge is -2.62. The molecule has 31 heavy (non-hydrogen) atoms. The van der Waals surface area contributed by atoms with Crippen molar-refractivity contribution in [2.45, 2.75) is 83.8 Å². The maximum atomic E-state index is 13.5. The summed E-state index contributed by atoms with van der Waals surface area (Å²) in [4.78, 5) is 17.2. The molecule has 0 amide bonds. The molecule has 1 heterocycles. The van der Waals surface area contributed by atoms with Crippen molar-refractivity contribution in [1.29, 1.82) is 0 Å². The normalized spacial score (nSPS) is 48.1. The minimum atomic E-state index is -0.681. The number of ether oxygens (including phenoxy) is 1. The molecule has 0 aliphatic heterocycles. The van der Waals surface area contributed by atoms with Crippen LogP contribution in [0.4, 0.5) is 0 Å². The highest BCUT2D eigenvalue weighted by atomic mass is 16.5. The van der Waals surface area contributed by atoms with Gasteiger partial charge >= 0.3 is 0 Å². The minimum Gasteiger partial charge on any atom is -0.387 e. The van der Waals surface area contributed by atoms with Crippen LogP contribution in [0.15, 0.2) is 18.6 Å². The molecule has 0 radical (unpaired) electrons. The number of imidazole rings is 1. The van der Waals surface area contributed by atoms with Gasteiger partial charge in [-0.3, -0.25) is 4.79 Å². The second-order valence-corrected chi connectivity index (χ2v) is 11.7. The fraction of sp³-hybridized carbons (Fsp3) is 0.846. The second kappa shape index (κ2) is 7.69. The number of carbonyl (C=O) groups is 1. The molecule has 4 saturated carbocycles. The molecule has 5 nitrogen and oxygen atoms in total. The second-order valence-electron chi connectivity index (χ2n) is 11.7. The van der Waals surface area contributed by atoms with E-state index in [1.807, 2.05) is 0 Å². The van der Waals surface area contributed by atoms with Crippen LogP contribution >= 0.6 is 0 Å². The van der Waals surface area contributed by atoms with E-state index in [4.69, 9.17) is 8.85 Å². The van der Waals surface area contributed by atoms with E-state index in [0.717, 1.165) is 51.4 Å². The van der Waals surface area contributed by atoms with Crippen LogP contribution in [0.3, 0.4) is 0 Å². The molecule has 0 saturated heterocycles. The highest BCUT2D eigenvalue weighted by Crippen LogP contribution is 2.68. The van der Waals surface area contributed by atoms with Gasteiger partial charge in [0.1, 0.15) is 1.37 Å². The van der Waals surface area contributed by atoms with Gasteiger partial charge in [-0.1, -0.05) is 13.8 Å². The summed E-state index contributed by atoms with van der Waals surface area (Å²) in [6, 6.07) is 0. The Balaban J connectivity index is 1.33. The zero-order valence-corrected chi connectivity index (χ0v) is 19.3. The van der Waals surface area contributed by atoms with Crippen molar-refractivity contribution in [2.75, 3.05) is 13.7 Å². The van der Waals surface area contributed by atoms with Gasteiger partial charge in [0.15, 0.2) is 5.78 Å². The van der Waals surface area contributed by atoms with Gasteiger partial charge in [0.05, 0.1) is 27.8 Å². The van der Waals surface area contributed by atoms with Crippen molar-refractivity contribution < 1.29 is 18.8 Å². The summed E-state index contributed by atoms with van der Waals surface area (Å²) in [5.41, 5.74) is -0.449. The fourth-order valence-corrected chi connectivity index (χ4v) is 8.79. The summed E-state index contributed by atoms with van der Waals surface area (Å²) in [5.74, 6) is 2.43. The van der Waals surface area contributed by atoms with Crippen LogP contribution in [0.25, 0.3) is 0 Å². The smallest absolute Gasteiger partial charge is 0.156 e. The van der Waals surface area contributed by atoms with Crippen LogP contribution in [0.2, 0.25) is 0 Å². The van der Waals surface area contributed by atoms with Gasteiger partial charge in [0.2, 0.25) is 0 Å². The van der Waals surface area contributed by atoms with E-state index < -0.39 is 5.60 Å². The van der Waals surface area contributed by atoms with E-state index in [2.05, 4.69) is 18.8 Å². The zero-order valence-electron chi connectivity index (χ0n) is 22.3. The number of Topliss-reactive ketones (excluding diaryl/α,β-unsaturated/α-hetero) is 1. The summed E-state index contributed by atoms with van der Waals surface area (Å²) in [6.07, 6.45) is 8.68. The molecule has 1 aromatic heterocycles. The van der Waals surface area contributed by atoms with Crippen LogP contribution in [-0.4, -0.2) is 39.8 Å². The van der Waals surface area contributed by atoms with Crippen molar-refractivity contribution in [3.8, 4) is 0 Å². The van der Waals surface area contributed by atoms with E-state index in [1.54, 1.807) is 7.11 Å². The maximum Gasteiger partial charge on any atom is 0.156 e. The van der Waals surface area contributed by atoms with E-state index in [1.165, 1.54) is 11.0 Å². The first-order valence-corrected chi connectivity index (χ1v) is 12.3. The van der Waals surface area contributed by atoms with E-state index in [0.29, 0.717) is 30.3 Å². The van der Waals surface area contributed by atoms with Crippen molar-refractivity contribution in [1.82, 2.24) is 9.55 Å². The Morgan fingerprint density at radius 1 is 1.16 bits per heavy atom. The Morgan fingerprint density at radius 2 is 1.97 bits per heavy atom. The van der Waals surface area contributed by atoms with Crippen LogP contribution in [-0.2, 0) is 16.1 Å². The molecule has 1 N–H and O–H groups in total. The molecule has 1 aromatic rings. The van der Waals surface area contributed by atoms with Crippen molar-refractivity contribution in [3.63, 3.8) is 0 Å². The molecule has 5 heteroatoms. The van der Waals surface area contributed by atoms with Crippen LogP contribution < -0.4 is 0 Å². The molecule has 8 atom stereocenters. The Kier molecular flexibility index (Phi) is 4.53. The molecule has 0 unspecified atom stereocenters. The van der Waals surface area contributed by atoms with Gasteiger partial charge < -0.3 is 14.4 Å². The van der Waals surface area contributed by atoms with E-state index in [9.17, 15) is 9.90 Å². The van der Waals surface area contributed by atoms with Gasteiger partial charge in [0, 0.05) is 25.4 Å². The average molecular weight is 432 g/mol. The fourth-order valence-electron chi connectivity index (χ4n) is 8.79. The van der Waals surface area contributed by atoms with Gasteiger partial charge in [-0.05, 0) is 92.3 Å². The van der Waals surface area contributed by atoms with Crippen LogP contribution in [0.1, 0.15) is 75.7 Å². The lowest BCUT2D eigenvalue weighted by molar-refractivity contribution is -0.164. The molecule has 0 aromatic carbocycles. The zero-order chi connectivity index (χ0) is 24.5. The Labute approximate surface area is 191 Å². The Morgan fingerprint density at radius 3 is 2.71 bits per heavy atom. The predicted molar refractivity (Wildman–Crippen MR) is 119 cm³/mol. The molecule has 4 fully saturated rings. The van der Waals surface area contributed by atoms with Gasteiger partial charge in [0.25, 0.3) is 0 Å². The Hall–Kier alpha value is -1.20. The summed E-state index contributed by atoms with van der Waals surface area (Å²) < 4.78 is 30.3. The van der Waals surface area contributed by atoms with Crippen molar-refractivity contribution >= 4 is 5.78 Å². The van der Waals surface area contributed by atoms with Gasteiger partial charge in [-0.15, -0.1) is 0 Å². The molecular weight excluding hydrogens is 388 g/mol. The maximum absolute atomic E-state index is 13.5. The highest BCUT2D eigenvalue weighted by molar-refractivity contribution is 5.82. The average Bonchev–Trinajstić information content (AvgIpc) is 3.25. The lowest BCUT2D eigenvalue weighted by atomic mass is 9.44. The summed E-state index contributed by atoms with van der Waals surface area (Å²) >= 11 is 0. The number of nitrogens with zero attached hydrogens (tertiary/aromatic N) is 2. The van der Waals surface area contributed by atoms with Crippen LogP contribution in [0, 0.1) is 40.4 Å². The van der Waals surface area contributed by atoms with Gasteiger partial charge in [-0.2, -0.15) is 0 Å². The quantitative estimate of drug-likeness (QED) is 0.746. The molecule has 0 bridgehead atoms. The summed E-state index contributed by atoms with van der Waals surface area (Å²) in [7, 11) is 1.68. The number of hydrogen-bond acceptors (Lipinski definition) is 4. The highest BCUT2D eigenvalue weighted by Gasteiger charge is 2.62. The minimum absolute atomic E-state index is 0.0114. The monoisotopic (exact) mass is 431 g/mol. The number of methoxy groups -OCH3 is 1. The standard InChI is InChI=1S/C26H40N2O3/c1-24-10-11-26(30,16-31-3)14-18(24)4-5-19-20-6-7-22(25(20,2)9-8-21(19)24)23(29)15-28-13-12-27-17-28/h12-13,17-22,30H,4-11,14-16H2,1-3H3/t18-,19+,20+,21+,22-,24+,25+,26-/m1/s1/i12D,13D,17D. The number of fused-ring (bicyclic) bond motifs is 5. The lowest BCUT2D eigenvalue weighted by Crippen LogP contribution is -2.56. The number of aliphatic hydroxyl groups is 1. The molecule has 172 valence electrons. The number of ketones is 1. The first-order chi connectivity index (χ1) is 16.0. The van der Waals surface area contributed by atoms with Crippen molar-refractivity contribution in [2.24, 2.45) is 40.4 Å². The van der Waals surface area contributed by atoms with E-state index >= 15 is 0 Å². The molecular formula is C26H40N2O3. The largest absolute Gasteiger partial charge is 0.387 e. The summed E-state index contributed by atoms with van der Waals surface area (Å²) in [6.45, 7) is 5.21. The first-order valence-electron chi connectivity index (χ1n) is 13.8. The number of aromatic nitrogens is 2. The van der Waals surface area contributed by atoms with E-state index in [-0.39, 0.29) is 47.7 Å². The van der Waals surface area contributed by atoms with Crippen LogP contribution in [0.5, 0.6) is 0 Å². The Bertz CT molecular complexity index is 969. The van der Waals surface area contributed by atoms with Gasteiger partial charge in [-0.25, -0.2) is 4.98 Å².